The van der Waals surface area contributed by atoms with Crippen LogP contribution < -0.4 is 4.74 Å². The van der Waals surface area contributed by atoms with Gasteiger partial charge in [-0.05, 0) is 41.7 Å². The number of para-hydroxylation sites is 2. The summed E-state index contributed by atoms with van der Waals surface area (Å²) in [6.45, 7) is 0. The Labute approximate surface area is 174 Å². The molecule has 0 aromatic heterocycles. The quantitative estimate of drug-likeness (QED) is 0.451. The Morgan fingerprint density at radius 3 is 2.52 bits per heavy atom. The summed E-state index contributed by atoms with van der Waals surface area (Å²) in [5.41, 5.74) is 7.55. The third-order valence-corrected chi connectivity index (χ3v) is 6.76. The fourth-order valence-corrected chi connectivity index (χ4v) is 5.71. The monoisotopic (exact) mass is 395 g/mol. The van der Waals surface area contributed by atoms with Crippen LogP contribution in [0.4, 0.5) is 0 Å². The van der Waals surface area contributed by atoms with Crippen LogP contribution in [0.2, 0.25) is 0 Å². The lowest BCUT2D eigenvalue weighted by Gasteiger charge is -2.41. The van der Waals surface area contributed by atoms with E-state index in [9.17, 15) is 0 Å². The summed E-state index contributed by atoms with van der Waals surface area (Å²) in [6, 6.07) is 23.0. The van der Waals surface area contributed by atoms with Crippen LogP contribution in [0.15, 0.2) is 83.4 Å². The average molecular weight is 396 g/mol. The van der Waals surface area contributed by atoms with Gasteiger partial charge in [0.1, 0.15) is 11.5 Å². The van der Waals surface area contributed by atoms with E-state index < -0.39 is 5.41 Å². The first-order chi connectivity index (χ1) is 14.3. The molecule has 1 aliphatic heterocycles. The van der Waals surface area contributed by atoms with E-state index in [0.29, 0.717) is 0 Å². The van der Waals surface area contributed by atoms with E-state index in [1.165, 1.54) is 22.9 Å². The van der Waals surface area contributed by atoms with Crippen molar-refractivity contribution >= 4 is 23.4 Å². The molecule has 3 aromatic carbocycles. The molecule has 2 aliphatic carbocycles. The number of halogens is 1. The van der Waals surface area contributed by atoms with E-state index in [0.717, 1.165) is 51.6 Å². The number of fused-ring (bicyclic) bond motifs is 8. The van der Waals surface area contributed by atoms with Crippen LogP contribution in [0.5, 0.6) is 11.5 Å². The molecule has 1 atom stereocenters. The number of benzene rings is 3. The molecule has 3 aliphatic rings. The van der Waals surface area contributed by atoms with Crippen molar-refractivity contribution in [3.63, 3.8) is 0 Å². The third-order valence-electron chi connectivity index (χ3n) is 6.42. The lowest BCUT2D eigenvalue weighted by atomic mass is 9.64. The molecule has 3 aromatic rings. The van der Waals surface area contributed by atoms with Gasteiger partial charge in [-0.3, -0.25) is 0 Å². The van der Waals surface area contributed by atoms with Gasteiger partial charge in [0.05, 0.1) is 5.41 Å². The molecule has 29 heavy (non-hydrogen) atoms. The van der Waals surface area contributed by atoms with Crippen LogP contribution in [0.25, 0.3) is 5.57 Å². The van der Waals surface area contributed by atoms with Crippen molar-refractivity contribution in [2.75, 3.05) is 0 Å². The average Bonchev–Trinajstić information content (AvgIpc) is 3.06. The Morgan fingerprint density at radius 2 is 1.66 bits per heavy atom. The molecule has 0 fully saturated rings. The SMILES string of the molecule is N=Cc1cccc2c1Oc1ccccc1C21C2=C(C(Cl)=CCC2)c2ccccc21. The van der Waals surface area contributed by atoms with Crippen LogP contribution >= 0.6 is 11.6 Å². The molecule has 1 spiro atoms. The minimum absolute atomic E-state index is 0.441. The normalized spacial score (nSPS) is 20.9. The molecule has 140 valence electrons. The van der Waals surface area contributed by atoms with Gasteiger partial charge in [0.2, 0.25) is 0 Å². The van der Waals surface area contributed by atoms with Gasteiger partial charge in [-0.2, -0.15) is 0 Å². The maximum Gasteiger partial charge on any atom is 0.140 e. The Balaban J connectivity index is 1.84. The number of ether oxygens (including phenoxy) is 1. The number of nitrogens with one attached hydrogen (secondary N) is 1. The molecule has 6 rings (SSSR count). The van der Waals surface area contributed by atoms with E-state index in [1.54, 1.807) is 0 Å². The Morgan fingerprint density at radius 1 is 0.897 bits per heavy atom. The molecular formula is C26H18ClNO. The van der Waals surface area contributed by atoms with Crippen molar-refractivity contribution in [3.8, 4) is 11.5 Å². The summed E-state index contributed by atoms with van der Waals surface area (Å²) in [5, 5.41) is 8.78. The Hall–Kier alpha value is -3.10. The highest BCUT2D eigenvalue weighted by atomic mass is 35.5. The number of hydrogen-bond acceptors (Lipinski definition) is 2. The molecular weight excluding hydrogens is 378 g/mol. The largest absolute Gasteiger partial charge is 0.456 e. The zero-order chi connectivity index (χ0) is 19.6. The van der Waals surface area contributed by atoms with Crippen LogP contribution in [0.3, 0.4) is 0 Å². The maximum atomic E-state index is 7.94. The fraction of sp³-hybridized carbons (Fsp3) is 0.115. The molecule has 0 saturated heterocycles. The number of hydrogen-bond donors (Lipinski definition) is 1. The first-order valence-corrected chi connectivity index (χ1v) is 10.3. The number of allylic oxidation sites excluding steroid dienone is 4. The second-order valence-corrected chi connectivity index (χ2v) is 8.11. The van der Waals surface area contributed by atoms with Crippen LogP contribution in [0.1, 0.15) is 40.7 Å². The molecule has 0 amide bonds. The highest BCUT2D eigenvalue weighted by molar-refractivity contribution is 6.38. The first kappa shape index (κ1) is 16.8. The van der Waals surface area contributed by atoms with E-state index >= 15 is 0 Å². The minimum Gasteiger partial charge on any atom is -0.456 e. The molecule has 2 nitrogen and oxygen atoms in total. The summed E-state index contributed by atoms with van der Waals surface area (Å²) >= 11 is 6.80. The minimum atomic E-state index is -0.441. The summed E-state index contributed by atoms with van der Waals surface area (Å²) in [5.74, 6) is 1.62. The van der Waals surface area contributed by atoms with Crippen LogP contribution in [-0.4, -0.2) is 6.21 Å². The van der Waals surface area contributed by atoms with E-state index in [2.05, 4.69) is 48.5 Å². The van der Waals surface area contributed by atoms with Gasteiger partial charge in [0.25, 0.3) is 0 Å². The second kappa shape index (κ2) is 5.95. The topological polar surface area (TPSA) is 33.1 Å². The Kier molecular flexibility index (Phi) is 3.45. The molecule has 0 saturated carbocycles. The smallest absolute Gasteiger partial charge is 0.140 e. The van der Waals surface area contributed by atoms with Gasteiger partial charge in [0.15, 0.2) is 0 Å². The van der Waals surface area contributed by atoms with Crippen molar-refractivity contribution in [1.82, 2.24) is 0 Å². The van der Waals surface area contributed by atoms with Crippen molar-refractivity contribution in [2.24, 2.45) is 0 Å². The predicted octanol–water partition coefficient (Wildman–Crippen LogP) is 6.81. The zero-order valence-electron chi connectivity index (χ0n) is 15.7. The van der Waals surface area contributed by atoms with Gasteiger partial charge < -0.3 is 10.1 Å². The summed E-state index contributed by atoms with van der Waals surface area (Å²) in [6.07, 6.45) is 5.39. The summed E-state index contributed by atoms with van der Waals surface area (Å²) < 4.78 is 6.39. The Bertz CT molecular complexity index is 1270. The van der Waals surface area contributed by atoms with Crippen LogP contribution in [0, 0.1) is 5.41 Å². The van der Waals surface area contributed by atoms with Gasteiger partial charge in [0, 0.05) is 33.5 Å². The maximum absolute atomic E-state index is 7.94. The molecule has 1 N–H and O–H groups in total. The molecule has 3 heteroatoms. The lowest BCUT2D eigenvalue weighted by Crippen LogP contribution is -2.34. The molecule has 1 heterocycles. The van der Waals surface area contributed by atoms with E-state index in [-0.39, 0.29) is 0 Å². The van der Waals surface area contributed by atoms with Gasteiger partial charge >= 0.3 is 0 Å². The lowest BCUT2D eigenvalue weighted by molar-refractivity contribution is 0.431. The third kappa shape index (κ3) is 2.00. The van der Waals surface area contributed by atoms with Crippen molar-refractivity contribution in [2.45, 2.75) is 18.3 Å². The first-order valence-electron chi connectivity index (χ1n) is 9.87. The van der Waals surface area contributed by atoms with Gasteiger partial charge in [-0.25, -0.2) is 0 Å². The fourth-order valence-electron chi connectivity index (χ4n) is 5.38. The van der Waals surface area contributed by atoms with Crippen LogP contribution in [-0.2, 0) is 5.41 Å². The molecule has 1 unspecified atom stereocenters. The summed E-state index contributed by atoms with van der Waals surface area (Å²) in [7, 11) is 0. The predicted molar refractivity (Wildman–Crippen MR) is 117 cm³/mol. The van der Waals surface area contributed by atoms with E-state index in [1.807, 2.05) is 24.3 Å². The van der Waals surface area contributed by atoms with Gasteiger partial charge in [-0.15, -0.1) is 0 Å². The second-order valence-electron chi connectivity index (χ2n) is 7.71. The molecule has 0 radical (unpaired) electrons. The highest BCUT2D eigenvalue weighted by Crippen LogP contribution is 2.64. The molecule has 0 bridgehead atoms. The van der Waals surface area contributed by atoms with Crippen molar-refractivity contribution in [1.29, 1.82) is 5.41 Å². The zero-order valence-corrected chi connectivity index (χ0v) is 16.5. The standard InChI is InChI=1S/C26H18ClNO/c27-22-13-6-11-20-24(22)17-8-1-2-9-18(17)26(20)19-10-3-4-14-23(19)29-25-16(15-28)7-5-12-21(25)26/h1-5,7-10,12-15,28H,6,11H2. The highest BCUT2D eigenvalue weighted by Gasteiger charge is 2.53. The summed E-state index contributed by atoms with van der Waals surface area (Å²) in [4.78, 5) is 0. The van der Waals surface area contributed by atoms with Crippen molar-refractivity contribution < 1.29 is 4.74 Å². The van der Waals surface area contributed by atoms with Crippen molar-refractivity contribution in [3.05, 3.63) is 111 Å². The van der Waals surface area contributed by atoms with E-state index in [4.69, 9.17) is 21.7 Å². The number of rotatable bonds is 1. The van der Waals surface area contributed by atoms with Gasteiger partial charge in [-0.1, -0.05) is 72.3 Å².